The Morgan fingerprint density at radius 2 is 1.61 bits per heavy atom. The summed E-state index contributed by atoms with van der Waals surface area (Å²) >= 11 is 0. The lowest BCUT2D eigenvalue weighted by Crippen LogP contribution is -2.26. The highest BCUT2D eigenvalue weighted by molar-refractivity contribution is 6.16. The van der Waals surface area contributed by atoms with E-state index in [1.165, 1.54) is 16.9 Å². The quantitative estimate of drug-likeness (QED) is 0.366. The molecule has 8 heteroatoms. The fourth-order valence-electron chi connectivity index (χ4n) is 3.81. The van der Waals surface area contributed by atoms with E-state index < -0.39 is 17.2 Å². The van der Waals surface area contributed by atoms with Gasteiger partial charge in [-0.2, -0.15) is 5.10 Å². The van der Waals surface area contributed by atoms with Gasteiger partial charge in [0.15, 0.2) is 5.69 Å². The third kappa shape index (κ3) is 4.52. The molecular formula is C28H22N4O4. The van der Waals surface area contributed by atoms with Gasteiger partial charge in [-0.25, -0.2) is 4.68 Å². The number of hydrogen-bond donors (Lipinski definition) is 2. The molecular weight excluding hydrogens is 456 g/mol. The lowest BCUT2D eigenvalue weighted by molar-refractivity contribution is 0.0999. The Labute approximate surface area is 206 Å². The van der Waals surface area contributed by atoms with Crippen LogP contribution in [0.15, 0.2) is 94.3 Å². The summed E-state index contributed by atoms with van der Waals surface area (Å²) in [7, 11) is 0. The van der Waals surface area contributed by atoms with Gasteiger partial charge < -0.3 is 15.1 Å². The molecule has 0 spiro atoms. The molecule has 0 bridgehead atoms. The van der Waals surface area contributed by atoms with Crippen molar-refractivity contribution in [3.63, 3.8) is 0 Å². The van der Waals surface area contributed by atoms with Gasteiger partial charge in [0.1, 0.15) is 11.3 Å². The number of fused-ring (bicyclic) bond motifs is 1. The summed E-state index contributed by atoms with van der Waals surface area (Å²) in [5.74, 6) is -1.37. The highest BCUT2D eigenvalue weighted by Gasteiger charge is 2.24. The number of para-hydroxylation sites is 1. The predicted octanol–water partition coefficient (Wildman–Crippen LogP) is 5.10. The topological polar surface area (TPSA) is 106 Å². The molecule has 2 N–H and O–H groups in total. The second-order valence-corrected chi connectivity index (χ2v) is 8.39. The van der Waals surface area contributed by atoms with E-state index in [1.54, 1.807) is 36.4 Å². The Hall–Kier alpha value is -4.98. The molecule has 0 atom stereocenters. The summed E-state index contributed by atoms with van der Waals surface area (Å²) in [4.78, 5) is 38.9. The number of carbonyl (C=O) groups is 2. The number of furan rings is 1. The summed E-state index contributed by atoms with van der Waals surface area (Å²) < 4.78 is 7.26. The number of nitrogens with zero attached hydrogens (tertiary/aromatic N) is 2. The first kappa shape index (κ1) is 22.8. The lowest BCUT2D eigenvalue weighted by atomic mass is 10.2. The molecule has 0 saturated carbocycles. The number of benzene rings is 3. The molecule has 2 aromatic heterocycles. The molecule has 2 heterocycles. The molecule has 8 nitrogen and oxygen atoms in total. The third-order valence-electron chi connectivity index (χ3n) is 5.64. The van der Waals surface area contributed by atoms with Crippen molar-refractivity contribution in [2.24, 2.45) is 0 Å². The maximum absolute atomic E-state index is 13.2. The zero-order valence-corrected chi connectivity index (χ0v) is 19.6. The molecule has 0 aliphatic heterocycles. The van der Waals surface area contributed by atoms with Crippen molar-refractivity contribution in [2.45, 2.75) is 13.8 Å². The highest BCUT2D eigenvalue weighted by Crippen LogP contribution is 2.31. The maximum atomic E-state index is 13.2. The Morgan fingerprint density at radius 1 is 0.833 bits per heavy atom. The van der Waals surface area contributed by atoms with Gasteiger partial charge in [0, 0.05) is 23.3 Å². The molecule has 3 aromatic carbocycles. The van der Waals surface area contributed by atoms with Crippen LogP contribution >= 0.6 is 0 Å². The van der Waals surface area contributed by atoms with E-state index in [9.17, 15) is 14.4 Å². The molecule has 0 radical (unpaired) electrons. The van der Waals surface area contributed by atoms with Crippen molar-refractivity contribution in [3.8, 4) is 5.69 Å². The Kier molecular flexibility index (Phi) is 5.92. The standard InChI is InChI=1S/C28H22N4O4/c1-17-10-12-19(13-11-17)29-28(35)26-24(21-8-3-4-9-23(21)36-26)30-27(34)25-22(33)14-15-32(31-25)20-7-5-6-18(2)16-20/h3-16H,1-2H3,(H,29,35)(H,30,34). The van der Waals surface area contributed by atoms with Crippen molar-refractivity contribution < 1.29 is 14.0 Å². The summed E-state index contributed by atoms with van der Waals surface area (Å²) in [6.07, 6.45) is 1.50. The molecule has 5 rings (SSSR count). The molecule has 0 saturated heterocycles. The maximum Gasteiger partial charge on any atom is 0.293 e. The van der Waals surface area contributed by atoms with Crippen LogP contribution in [0.2, 0.25) is 0 Å². The molecule has 5 aromatic rings. The fourth-order valence-corrected chi connectivity index (χ4v) is 3.81. The second-order valence-electron chi connectivity index (χ2n) is 8.39. The summed E-state index contributed by atoms with van der Waals surface area (Å²) in [6, 6.07) is 23.0. The number of amides is 2. The van der Waals surface area contributed by atoms with Crippen LogP contribution < -0.4 is 16.1 Å². The molecule has 0 aliphatic rings. The van der Waals surface area contributed by atoms with Gasteiger partial charge >= 0.3 is 0 Å². The molecule has 0 unspecified atom stereocenters. The summed E-state index contributed by atoms with van der Waals surface area (Å²) in [5, 5.41) is 10.2. The largest absolute Gasteiger partial charge is 0.449 e. The summed E-state index contributed by atoms with van der Waals surface area (Å²) in [6.45, 7) is 3.88. The van der Waals surface area contributed by atoms with Gasteiger partial charge in [-0.3, -0.25) is 14.4 Å². The Balaban J connectivity index is 1.50. The van der Waals surface area contributed by atoms with Crippen molar-refractivity contribution in [1.82, 2.24) is 9.78 Å². The normalized spacial score (nSPS) is 10.8. The molecule has 0 aliphatic carbocycles. The number of nitrogens with one attached hydrogen (secondary N) is 2. The van der Waals surface area contributed by atoms with Crippen molar-refractivity contribution in [1.29, 1.82) is 0 Å². The fraction of sp³-hybridized carbons (Fsp3) is 0.0714. The molecule has 36 heavy (non-hydrogen) atoms. The van der Waals surface area contributed by atoms with E-state index in [4.69, 9.17) is 4.42 Å². The van der Waals surface area contributed by atoms with Crippen LogP contribution in [-0.2, 0) is 0 Å². The number of rotatable bonds is 5. The number of carbonyl (C=O) groups excluding carboxylic acids is 2. The number of aromatic nitrogens is 2. The SMILES string of the molecule is Cc1ccc(NC(=O)c2oc3ccccc3c2NC(=O)c2nn(-c3cccc(C)c3)ccc2=O)cc1. The summed E-state index contributed by atoms with van der Waals surface area (Å²) in [5.41, 5.74) is 3.06. The predicted molar refractivity (Wildman–Crippen MR) is 138 cm³/mol. The zero-order valence-electron chi connectivity index (χ0n) is 19.6. The van der Waals surface area contributed by atoms with Crippen molar-refractivity contribution >= 4 is 34.2 Å². The van der Waals surface area contributed by atoms with E-state index in [-0.39, 0.29) is 17.1 Å². The average molecular weight is 479 g/mol. The third-order valence-corrected chi connectivity index (χ3v) is 5.64. The van der Waals surface area contributed by atoms with Gasteiger partial charge in [-0.15, -0.1) is 0 Å². The minimum absolute atomic E-state index is 0.0833. The van der Waals surface area contributed by atoms with Crippen LogP contribution in [0.4, 0.5) is 11.4 Å². The van der Waals surface area contributed by atoms with Gasteiger partial charge in [-0.1, -0.05) is 42.0 Å². The smallest absolute Gasteiger partial charge is 0.293 e. The van der Waals surface area contributed by atoms with Crippen LogP contribution in [0.3, 0.4) is 0 Å². The minimum Gasteiger partial charge on any atom is -0.449 e. The van der Waals surface area contributed by atoms with Crippen molar-refractivity contribution in [2.75, 3.05) is 10.6 Å². The van der Waals surface area contributed by atoms with Gasteiger partial charge in [0.05, 0.1) is 5.69 Å². The Morgan fingerprint density at radius 3 is 2.39 bits per heavy atom. The molecule has 0 fully saturated rings. The monoisotopic (exact) mass is 478 g/mol. The van der Waals surface area contributed by atoms with E-state index in [1.807, 2.05) is 50.2 Å². The first-order valence-corrected chi connectivity index (χ1v) is 11.3. The van der Waals surface area contributed by atoms with E-state index in [0.717, 1.165) is 11.1 Å². The van der Waals surface area contributed by atoms with Crippen LogP contribution in [0.5, 0.6) is 0 Å². The number of anilines is 2. The molecule has 2 amide bonds. The average Bonchev–Trinajstić information content (AvgIpc) is 3.24. The number of aryl methyl sites for hydroxylation is 2. The van der Waals surface area contributed by atoms with Crippen LogP contribution in [0, 0.1) is 13.8 Å². The van der Waals surface area contributed by atoms with E-state index >= 15 is 0 Å². The Bertz CT molecular complexity index is 1670. The van der Waals surface area contributed by atoms with Crippen LogP contribution in [-0.4, -0.2) is 21.6 Å². The van der Waals surface area contributed by atoms with Crippen LogP contribution in [0.25, 0.3) is 16.7 Å². The zero-order chi connectivity index (χ0) is 25.2. The first-order valence-electron chi connectivity index (χ1n) is 11.3. The van der Waals surface area contributed by atoms with Gasteiger partial charge in [0.2, 0.25) is 11.2 Å². The minimum atomic E-state index is -0.752. The van der Waals surface area contributed by atoms with Gasteiger partial charge in [-0.05, 0) is 55.8 Å². The van der Waals surface area contributed by atoms with Gasteiger partial charge in [0.25, 0.3) is 11.8 Å². The number of hydrogen-bond acceptors (Lipinski definition) is 5. The second kappa shape index (κ2) is 9.34. The highest BCUT2D eigenvalue weighted by atomic mass is 16.3. The van der Waals surface area contributed by atoms with Crippen molar-refractivity contribution in [3.05, 3.63) is 118 Å². The first-order chi connectivity index (χ1) is 17.4. The van der Waals surface area contributed by atoms with E-state index in [0.29, 0.717) is 22.3 Å². The van der Waals surface area contributed by atoms with E-state index in [2.05, 4.69) is 15.7 Å². The lowest BCUT2D eigenvalue weighted by Gasteiger charge is -2.09. The molecule has 178 valence electrons. The van der Waals surface area contributed by atoms with Crippen LogP contribution in [0.1, 0.15) is 32.2 Å².